The van der Waals surface area contributed by atoms with Crippen LogP contribution in [0, 0.1) is 5.82 Å². The summed E-state index contributed by atoms with van der Waals surface area (Å²) in [6, 6.07) is 5.89. The molecule has 1 aliphatic heterocycles. The van der Waals surface area contributed by atoms with Crippen molar-refractivity contribution < 1.29 is 36.3 Å². The van der Waals surface area contributed by atoms with E-state index in [0.717, 1.165) is 10.7 Å². The molecule has 0 radical (unpaired) electrons. The highest BCUT2D eigenvalue weighted by Crippen LogP contribution is 2.40. The molecule has 35 heavy (non-hydrogen) atoms. The number of fused-ring (bicyclic) bond motifs is 1. The highest BCUT2D eigenvalue weighted by atomic mass is 19.3. The molecule has 0 bridgehead atoms. The Morgan fingerprint density at radius 1 is 1.26 bits per heavy atom. The molecule has 1 aromatic heterocycles. The van der Waals surface area contributed by atoms with E-state index < -0.39 is 48.6 Å². The SMILES string of the molecule is COc1ccc(F)c([C@H]2[C@H](NC(=O)C(C)(F)F)CC(=O)N2c2ccc3c(cnn3CC(F)F)c2)c1. The van der Waals surface area contributed by atoms with Gasteiger partial charge < -0.3 is 15.0 Å². The van der Waals surface area contributed by atoms with E-state index >= 15 is 0 Å². The lowest BCUT2D eigenvalue weighted by atomic mass is 9.98. The van der Waals surface area contributed by atoms with Crippen molar-refractivity contribution in [3.63, 3.8) is 0 Å². The van der Waals surface area contributed by atoms with E-state index in [1.807, 2.05) is 0 Å². The summed E-state index contributed by atoms with van der Waals surface area (Å²) in [4.78, 5) is 26.3. The van der Waals surface area contributed by atoms with Crippen molar-refractivity contribution in [2.75, 3.05) is 12.0 Å². The van der Waals surface area contributed by atoms with Gasteiger partial charge in [0.15, 0.2) is 0 Å². The van der Waals surface area contributed by atoms with Gasteiger partial charge in [0.1, 0.15) is 18.1 Å². The molecule has 2 amide bonds. The first-order valence-electron chi connectivity index (χ1n) is 10.6. The zero-order chi connectivity index (χ0) is 25.5. The lowest BCUT2D eigenvalue weighted by molar-refractivity contribution is -0.143. The zero-order valence-corrected chi connectivity index (χ0v) is 18.6. The number of halogens is 5. The van der Waals surface area contributed by atoms with Crippen molar-refractivity contribution in [3.8, 4) is 5.75 Å². The summed E-state index contributed by atoms with van der Waals surface area (Å²) in [6.45, 7) is -0.203. The standard InChI is InChI=1S/C23H21F5N4O3/c1-23(27,28)22(34)30-17-9-20(33)32(21(17)15-8-14(35-2)4-5-16(15)24)13-3-6-18-12(7-13)10-29-31(18)11-19(25)26/h3-8,10,17,19,21H,9,11H2,1-2H3,(H,30,34)/t17-,21+/m1/s1. The number of nitrogens with zero attached hydrogens (tertiary/aromatic N) is 3. The summed E-state index contributed by atoms with van der Waals surface area (Å²) >= 11 is 0. The van der Waals surface area contributed by atoms with Gasteiger partial charge in [0.25, 0.3) is 12.3 Å². The van der Waals surface area contributed by atoms with Crippen LogP contribution in [0.2, 0.25) is 0 Å². The fraction of sp³-hybridized carbons (Fsp3) is 0.348. The summed E-state index contributed by atoms with van der Waals surface area (Å²) in [5.74, 6) is -6.35. The number of benzene rings is 2. The number of aromatic nitrogens is 2. The van der Waals surface area contributed by atoms with Gasteiger partial charge in [-0.05, 0) is 36.4 Å². The highest BCUT2D eigenvalue weighted by molar-refractivity contribution is 6.00. The molecule has 2 aromatic carbocycles. The third-order valence-electron chi connectivity index (χ3n) is 5.77. The van der Waals surface area contributed by atoms with E-state index in [2.05, 4.69) is 10.4 Å². The van der Waals surface area contributed by atoms with Gasteiger partial charge in [0.2, 0.25) is 5.91 Å². The number of hydrogen-bond acceptors (Lipinski definition) is 4. The van der Waals surface area contributed by atoms with Crippen LogP contribution in [0.25, 0.3) is 10.9 Å². The van der Waals surface area contributed by atoms with Crippen molar-refractivity contribution in [2.24, 2.45) is 0 Å². The van der Waals surface area contributed by atoms with E-state index in [1.54, 1.807) is 0 Å². The molecular formula is C23H21F5N4O3. The molecular weight excluding hydrogens is 475 g/mol. The topological polar surface area (TPSA) is 76.5 Å². The summed E-state index contributed by atoms with van der Waals surface area (Å²) in [5, 5.41) is 6.54. The third kappa shape index (κ3) is 4.77. The molecule has 4 rings (SSSR count). The maximum absolute atomic E-state index is 15.0. The average Bonchev–Trinajstić information content (AvgIpc) is 3.32. The number of carbonyl (C=O) groups excluding carboxylic acids is 2. The highest BCUT2D eigenvalue weighted by Gasteiger charge is 2.46. The van der Waals surface area contributed by atoms with Crippen LogP contribution in [-0.2, 0) is 16.1 Å². The molecule has 7 nitrogen and oxygen atoms in total. The van der Waals surface area contributed by atoms with Crippen molar-refractivity contribution in [2.45, 2.75) is 44.3 Å². The minimum Gasteiger partial charge on any atom is -0.497 e. The predicted molar refractivity (Wildman–Crippen MR) is 116 cm³/mol. The predicted octanol–water partition coefficient (Wildman–Crippen LogP) is 4.07. The molecule has 1 N–H and O–H groups in total. The van der Waals surface area contributed by atoms with Crippen molar-refractivity contribution in [1.29, 1.82) is 0 Å². The quantitative estimate of drug-likeness (QED) is 0.501. The lowest BCUT2D eigenvalue weighted by Crippen LogP contribution is -2.46. The van der Waals surface area contributed by atoms with Gasteiger partial charge in [-0.25, -0.2) is 13.2 Å². The zero-order valence-electron chi connectivity index (χ0n) is 18.6. The first-order chi connectivity index (χ1) is 16.5. The van der Waals surface area contributed by atoms with Gasteiger partial charge in [-0.1, -0.05) is 0 Å². The Morgan fingerprint density at radius 3 is 2.66 bits per heavy atom. The van der Waals surface area contributed by atoms with E-state index in [0.29, 0.717) is 17.8 Å². The molecule has 0 spiro atoms. The van der Waals surface area contributed by atoms with Gasteiger partial charge >= 0.3 is 5.92 Å². The Morgan fingerprint density at radius 2 is 2.00 bits per heavy atom. The first kappa shape index (κ1) is 24.4. The van der Waals surface area contributed by atoms with Crippen LogP contribution in [0.15, 0.2) is 42.6 Å². The van der Waals surface area contributed by atoms with E-state index in [9.17, 15) is 31.5 Å². The van der Waals surface area contributed by atoms with E-state index in [4.69, 9.17) is 4.74 Å². The number of nitrogens with one attached hydrogen (secondary N) is 1. The number of anilines is 1. The molecule has 186 valence electrons. The molecule has 2 atom stereocenters. The van der Waals surface area contributed by atoms with Crippen LogP contribution in [0.4, 0.5) is 27.6 Å². The maximum atomic E-state index is 15.0. The number of rotatable bonds is 7. The van der Waals surface area contributed by atoms with Gasteiger partial charge in [0, 0.05) is 30.0 Å². The normalized spacial score (nSPS) is 18.5. The molecule has 3 aromatic rings. The second-order valence-electron chi connectivity index (χ2n) is 8.23. The summed E-state index contributed by atoms with van der Waals surface area (Å²) in [6.07, 6.45) is -1.65. The second kappa shape index (κ2) is 9.16. The third-order valence-corrected chi connectivity index (χ3v) is 5.77. The Balaban J connectivity index is 1.79. The minimum atomic E-state index is -3.72. The van der Waals surface area contributed by atoms with Crippen LogP contribution in [-0.4, -0.2) is 47.1 Å². The number of carbonyl (C=O) groups is 2. The van der Waals surface area contributed by atoms with E-state index in [1.165, 1.54) is 48.5 Å². The number of amides is 2. The van der Waals surface area contributed by atoms with E-state index in [-0.39, 0.29) is 23.4 Å². The Labute approximate surface area is 196 Å². The number of methoxy groups -OCH3 is 1. The van der Waals surface area contributed by atoms with Crippen LogP contribution in [0.5, 0.6) is 5.75 Å². The van der Waals surface area contributed by atoms with Crippen LogP contribution < -0.4 is 15.0 Å². The van der Waals surface area contributed by atoms with Gasteiger partial charge in [0.05, 0.1) is 30.9 Å². The molecule has 1 saturated heterocycles. The molecule has 2 heterocycles. The first-order valence-corrected chi connectivity index (χ1v) is 10.6. The summed E-state index contributed by atoms with van der Waals surface area (Å²) in [7, 11) is 1.36. The maximum Gasteiger partial charge on any atom is 0.321 e. The Kier molecular flexibility index (Phi) is 6.39. The average molecular weight is 496 g/mol. The molecule has 0 saturated carbocycles. The largest absolute Gasteiger partial charge is 0.497 e. The number of alkyl halides is 4. The van der Waals surface area contributed by atoms with Crippen LogP contribution in [0.3, 0.4) is 0 Å². The minimum absolute atomic E-state index is 0.0478. The second-order valence-corrected chi connectivity index (χ2v) is 8.23. The van der Waals surface area contributed by atoms with Crippen LogP contribution >= 0.6 is 0 Å². The van der Waals surface area contributed by atoms with Crippen LogP contribution in [0.1, 0.15) is 24.9 Å². The fourth-order valence-electron chi connectivity index (χ4n) is 4.19. The Bertz CT molecular complexity index is 1270. The molecule has 12 heteroatoms. The number of ether oxygens (including phenoxy) is 1. The van der Waals surface area contributed by atoms with Crippen molar-refractivity contribution in [3.05, 3.63) is 54.0 Å². The van der Waals surface area contributed by atoms with Crippen molar-refractivity contribution >= 4 is 28.4 Å². The monoisotopic (exact) mass is 496 g/mol. The molecule has 1 aliphatic rings. The molecule has 0 aliphatic carbocycles. The van der Waals surface area contributed by atoms with Gasteiger partial charge in [-0.2, -0.15) is 13.9 Å². The van der Waals surface area contributed by atoms with Crippen molar-refractivity contribution in [1.82, 2.24) is 15.1 Å². The molecule has 1 fully saturated rings. The lowest BCUT2D eigenvalue weighted by Gasteiger charge is -2.30. The molecule has 0 unspecified atom stereocenters. The fourth-order valence-corrected chi connectivity index (χ4v) is 4.19. The van der Waals surface area contributed by atoms with Gasteiger partial charge in [-0.15, -0.1) is 0 Å². The summed E-state index contributed by atoms with van der Waals surface area (Å²) < 4.78 is 74.1. The number of hydrogen-bond donors (Lipinski definition) is 1. The Hall–Kier alpha value is -3.70. The summed E-state index contributed by atoms with van der Waals surface area (Å²) in [5.41, 5.74) is 0.597. The van der Waals surface area contributed by atoms with Gasteiger partial charge in [-0.3, -0.25) is 14.3 Å². The smallest absolute Gasteiger partial charge is 0.321 e.